The fourth-order valence-corrected chi connectivity index (χ4v) is 4.38. The van der Waals surface area contributed by atoms with E-state index in [9.17, 15) is 4.79 Å². The average Bonchev–Trinajstić information content (AvgIpc) is 3.09. The van der Waals surface area contributed by atoms with Gasteiger partial charge in [0.25, 0.3) is 0 Å². The van der Waals surface area contributed by atoms with Crippen LogP contribution in [0.3, 0.4) is 0 Å². The second-order valence-electron chi connectivity index (χ2n) is 7.21. The highest BCUT2D eigenvalue weighted by molar-refractivity contribution is 7.22. The van der Waals surface area contributed by atoms with Crippen molar-refractivity contribution in [2.24, 2.45) is 5.92 Å². The van der Waals surface area contributed by atoms with Gasteiger partial charge in [-0.25, -0.2) is 15.0 Å². The summed E-state index contributed by atoms with van der Waals surface area (Å²) in [7, 11) is 0. The van der Waals surface area contributed by atoms with Crippen molar-refractivity contribution in [2.45, 2.75) is 6.92 Å². The molecule has 5 rings (SSSR count). The van der Waals surface area contributed by atoms with Gasteiger partial charge in [0.2, 0.25) is 5.91 Å². The number of hydrogen-bond donors (Lipinski definition) is 1. The Morgan fingerprint density at radius 1 is 1.10 bits per heavy atom. The Labute approximate surface area is 172 Å². The molecule has 0 atom stereocenters. The molecule has 144 valence electrons. The number of fused-ring (bicyclic) bond motifs is 1. The first-order chi connectivity index (χ1) is 14.2. The zero-order chi connectivity index (χ0) is 19.8. The molecular weight excluding hydrogens is 382 g/mol. The van der Waals surface area contributed by atoms with Crippen molar-refractivity contribution in [3.05, 3.63) is 66.5 Å². The van der Waals surface area contributed by atoms with Crippen LogP contribution in [0.4, 0.5) is 10.9 Å². The zero-order valence-corrected chi connectivity index (χ0v) is 16.7. The minimum absolute atomic E-state index is 0.00867. The Kier molecular flexibility index (Phi) is 4.44. The van der Waals surface area contributed by atoms with E-state index in [0.717, 1.165) is 27.3 Å². The molecule has 0 unspecified atom stereocenters. The zero-order valence-electron chi connectivity index (χ0n) is 15.9. The van der Waals surface area contributed by atoms with Crippen LogP contribution in [-0.2, 0) is 4.79 Å². The van der Waals surface area contributed by atoms with Crippen LogP contribution >= 0.6 is 11.3 Å². The molecule has 2 aromatic heterocycles. The topological polar surface area (TPSA) is 71.0 Å². The summed E-state index contributed by atoms with van der Waals surface area (Å²) in [6, 6.07) is 18.1. The number of carbonyl (C=O) groups is 1. The Morgan fingerprint density at radius 3 is 2.76 bits per heavy atom. The lowest BCUT2D eigenvalue weighted by atomic mass is 9.99. The standard InChI is InChI=1S/C22H19N5OS/c1-14-7-8-17-19(9-14)29-22(25-17)26-21(28)16-11-27(12-16)20-10-18(23-13-24-20)15-5-3-2-4-6-15/h2-10,13,16H,11-12H2,1H3,(H,25,26,28). The van der Waals surface area contributed by atoms with Crippen LogP contribution < -0.4 is 10.2 Å². The molecule has 0 spiro atoms. The molecule has 3 heterocycles. The normalized spacial score (nSPS) is 14.0. The molecule has 4 aromatic rings. The Bertz CT molecular complexity index is 1180. The number of nitrogens with one attached hydrogen (secondary N) is 1. The van der Waals surface area contributed by atoms with E-state index in [1.54, 1.807) is 6.33 Å². The maximum Gasteiger partial charge on any atom is 0.232 e. The Balaban J connectivity index is 1.24. The molecular formula is C22H19N5OS. The van der Waals surface area contributed by atoms with Gasteiger partial charge in [-0.05, 0) is 24.6 Å². The number of amides is 1. The highest BCUT2D eigenvalue weighted by atomic mass is 32.1. The predicted molar refractivity (Wildman–Crippen MR) is 116 cm³/mol. The molecule has 1 saturated heterocycles. The smallest absolute Gasteiger partial charge is 0.232 e. The summed E-state index contributed by atoms with van der Waals surface area (Å²) in [5.41, 5.74) is 4.04. The van der Waals surface area contributed by atoms with Crippen molar-refractivity contribution < 1.29 is 4.79 Å². The van der Waals surface area contributed by atoms with E-state index in [2.05, 4.69) is 38.2 Å². The predicted octanol–water partition coefficient (Wildman–Crippen LogP) is 4.14. The van der Waals surface area contributed by atoms with Crippen molar-refractivity contribution >= 4 is 38.4 Å². The van der Waals surface area contributed by atoms with Gasteiger partial charge in [-0.2, -0.15) is 0 Å². The minimum Gasteiger partial charge on any atom is -0.355 e. The SMILES string of the molecule is Cc1ccc2nc(NC(=O)C3CN(c4cc(-c5ccccc5)ncn4)C3)sc2c1. The maximum atomic E-state index is 12.6. The van der Waals surface area contributed by atoms with Crippen LogP contribution in [0.25, 0.3) is 21.5 Å². The third-order valence-corrected chi connectivity index (χ3v) is 6.01. The number of nitrogens with zero attached hydrogens (tertiary/aromatic N) is 4. The Morgan fingerprint density at radius 2 is 1.93 bits per heavy atom. The van der Waals surface area contributed by atoms with Gasteiger partial charge >= 0.3 is 0 Å². The first-order valence-corrected chi connectivity index (χ1v) is 10.3. The third kappa shape index (κ3) is 3.56. The molecule has 1 fully saturated rings. The van der Waals surface area contributed by atoms with E-state index in [0.29, 0.717) is 18.2 Å². The van der Waals surface area contributed by atoms with Crippen LogP contribution in [0.2, 0.25) is 0 Å². The molecule has 0 saturated carbocycles. The van der Waals surface area contributed by atoms with E-state index < -0.39 is 0 Å². The van der Waals surface area contributed by atoms with Crippen molar-refractivity contribution in [3.8, 4) is 11.3 Å². The van der Waals surface area contributed by atoms with Gasteiger partial charge in [0, 0.05) is 24.7 Å². The summed E-state index contributed by atoms with van der Waals surface area (Å²) in [6.07, 6.45) is 1.58. The molecule has 2 aromatic carbocycles. The Hall–Kier alpha value is -3.32. The van der Waals surface area contributed by atoms with Gasteiger partial charge in [0.15, 0.2) is 5.13 Å². The highest BCUT2D eigenvalue weighted by Gasteiger charge is 2.34. The van der Waals surface area contributed by atoms with Crippen LogP contribution in [0, 0.1) is 12.8 Å². The largest absolute Gasteiger partial charge is 0.355 e. The highest BCUT2D eigenvalue weighted by Crippen LogP contribution is 2.29. The van der Waals surface area contributed by atoms with Crippen molar-refractivity contribution in [3.63, 3.8) is 0 Å². The molecule has 6 nitrogen and oxygen atoms in total. The minimum atomic E-state index is -0.0705. The van der Waals surface area contributed by atoms with E-state index in [1.807, 2.05) is 48.5 Å². The van der Waals surface area contributed by atoms with Crippen LogP contribution in [0.15, 0.2) is 60.9 Å². The molecule has 0 radical (unpaired) electrons. The maximum absolute atomic E-state index is 12.6. The second kappa shape index (κ2) is 7.25. The number of thiazole rings is 1. The molecule has 0 bridgehead atoms. The third-order valence-electron chi connectivity index (χ3n) is 5.07. The molecule has 1 N–H and O–H groups in total. The van der Waals surface area contributed by atoms with Gasteiger partial charge < -0.3 is 10.2 Å². The fourth-order valence-electron chi connectivity index (χ4n) is 3.41. The van der Waals surface area contributed by atoms with Gasteiger partial charge in [0.1, 0.15) is 12.1 Å². The lowest BCUT2D eigenvalue weighted by Crippen LogP contribution is -2.52. The second-order valence-corrected chi connectivity index (χ2v) is 8.24. The van der Waals surface area contributed by atoms with Crippen molar-refractivity contribution in [1.29, 1.82) is 0 Å². The molecule has 7 heteroatoms. The number of carbonyl (C=O) groups excluding carboxylic acids is 1. The van der Waals surface area contributed by atoms with Crippen LogP contribution in [0.5, 0.6) is 0 Å². The summed E-state index contributed by atoms with van der Waals surface area (Å²) in [4.78, 5) is 27.9. The van der Waals surface area contributed by atoms with E-state index in [4.69, 9.17) is 0 Å². The van der Waals surface area contributed by atoms with E-state index in [1.165, 1.54) is 16.9 Å². The van der Waals surface area contributed by atoms with Gasteiger partial charge in [-0.1, -0.05) is 47.7 Å². The lowest BCUT2D eigenvalue weighted by Gasteiger charge is -2.38. The summed E-state index contributed by atoms with van der Waals surface area (Å²) < 4.78 is 1.09. The summed E-state index contributed by atoms with van der Waals surface area (Å²) in [5.74, 6) is 0.784. The van der Waals surface area contributed by atoms with Gasteiger partial charge in [-0.15, -0.1) is 0 Å². The van der Waals surface area contributed by atoms with Gasteiger partial charge in [-0.3, -0.25) is 4.79 Å². The first-order valence-electron chi connectivity index (χ1n) is 9.46. The monoisotopic (exact) mass is 401 g/mol. The van der Waals surface area contributed by atoms with Crippen LogP contribution in [-0.4, -0.2) is 33.9 Å². The van der Waals surface area contributed by atoms with Crippen molar-refractivity contribution in [1.82, 2.24) is 15.0 Å². The summed E-state index contributed by atoms with van der Waals surface area (Å²) >= 11 is 1.51. The molecule has 29 heavy (non-hydrogen) atoms. The molecule has 1 aliphatic heterocycles. The summed E-state index contributed by atoms with van der Waals surface area (Å²) in [6.45, 7) is 3.33. The summed E-state index contributed by atoms with van der Waals surface area (Å²) in [5, 5.41) is 3.63. The molecule has 0 aliphatic carbocycles. The number of anilines is 2. The number of rotatable bonds is 4. The average molecular weight is 401 g/mol. The molecule has 1 amide bonds. The quantitative estimate of drug-likeness (QED) is 0.557. The van der Waals surface area contributed by atoms with E-state index in [-0.39, 0.29) is 11.8 Å². The van der Waals surface area contributed by atoms with Gasteiger partial charge in [0.05, 0.1) is 21.8 Å². The molecule has 1 aliphatic rings. The number of aryl methyl sites for hydroxylation is 1. The number of benzene rings is 2. The lowest BCUT2D eigenvalue weighted by molar-refractivity contribution is -0.120. The van der Waals surface area contributed by atoms with E-state index >= 15 is 0 Å². The first kappa shape index (κ1) is 17.8. The van der Waals surface area contributed by atoms with Crippen molar-refractivity contribution in [2.75, 3.05) is 23.3 Å². The number of hydrogen-bond acceptors (Lipinski definition) is 6. The fraction of sp³-hybridized carbons (Fsp3) is 0.182. The van der Waals surface area contributed by atoms with Crippen LogP contribution in [0.1, 0.15) is 5.56 Å². The number of aromatic nitrogens is 3.